The first-order chi connectivity index (χ1) is 18.0. The molecule has 0 saturated carbocycles. The average molecular weight is 567 g/mol. The normalized spacial score (nSPS) is 16.5. The summed E-state index contributed by atoms with van der Waals surface area (Å²) < 4.78 is 22.6. The van der Waals surface area contributed by atoms with Crippen molar-refractivity contribution in [3.63, 3.8) is 0 Å². The zero-order chi connectivity index (χ0) is 28.0. The molecule has 9 heteroatoms. The number of piperidine rings is 1. The summed E-state index contributed by atoms with van der Waals surface area (Å²) in [6, 6.07) is 8.34. The first kappa shape index (κ1) is 29.9. The molecule has 1 fully saturated rings. The van der Waals surface area contributed by atoms with Crippen LogP contribution < -0.4 is 9.47 Å². The van der Waals surface area contributed by atoms with Gasteiger partial charge in [0.15, 0.2) is 11.5 Å². The van der Waals surface area contributed by atoms with Gasteiger partial charge in [0.05, 0.1) is 14.2 Å². The van der Waals surface area contributed by atoms with Gasteiger partial charge in [-0.3, -0.25) is 4.90 Å². The minimum atomic E-state index is -0.755. The monoisotopic (exact) mass is 565 g/mol. The standard InChI is InChI=1S/C29H37Cl2NO6/c1-7-18-14-21(30)20(22(31)15-18)17-25(19-11-12-24(35-5)26(16-19)36-6)37-27(33)23-10-8-9-13-32(23)28(34)38-29(2,3)4/h11-12,14-16,23,25H,7-10,13,17H2,1-6H3. The lowest BCUT2D eigenvalue weighted by molar-refractivity contribution is -0.157. The first-order valence-corrected chi connectivity index (χ1v) is 13.6. The number of carbonyl (C=O) groups excluding carboxylic acids is 2. The lowest BCUT2D eigenvalue weighted by Crippen LogP contribution is -2.50. The zero-order valence-electron chi connectivity index (χ0n) is 22.9. The van der Waals surface area contributed by atoms with E-state index in [4.69, 9.17) is 42.1 Å². The predicted octanol–water partition coefficient (Wildman–Crippen LogP) is 7.19. The van der Waals surface area contributed by atoms with Gasteiger partial charge < -0.3 is 18.9 Å². The van der Waals surface area contributed by atoms with Gasteiger partial charge in [0.25, 0.3) is 0 Å². The van der Waals surface area contributed by atoms with Crippen LogP contribution in [-0.2, 0) is 27.1 Å². The van der Waals surface area contributed by atoms with Gasteiger partial charge in [0.1, 0.15) is 17.7 Å². The predicted molar refractivity (Wildman–Crippen MR) is 149 cm³/mol. The molecule has 208 valence electrons. The highest BCUT2D eigenvalue weighted by Crippen LogP contribution is 2.37. The van der Waals surface area contributed by atoms with Gasteiger partial charge in [0.2, 0.25) is 0 Å². The third-order valence-electron chi connectivity index (χ3n) is 6.44. The molecule has 0 N–H and O–H groups in total. The number of rotatable bonds is 8. The highest BCUT2D eigenvalue weighted by molar-refractivity contribution is 6.36. The first-order valence-electron chi connectivity index (χ1n) is 12.9. The maximum Gasteiger partial charge on any atom is 0.411 e. The molecule has 2 aromatic carbocycles. The Bertz CT molecular complexity index is 1120. The fourth-order valence-electron chi connectivity index (χ4n) is 4.46. The lowest BCUT2D eigenvalue weighted by Gasteiger charge is -2.36. The highest BCUT2D eigenvalue weighted by atomic mass is 35.5. The second-order valence-electron chi connectivity index (χ2n) is 10.3. The molecular formula is C29H37Cl2NO6. The Labute approximate surface area is 235 Å². The van der Waals surface area contributed by atoms with Crippen LogP contribution in [0.15, 0.2) is 30.3 Å². The van der Waals surface area contributed by atoms with Crippen molar-refractivity contribution in [1.82, 2.24) is 4.90 Å². The number of aryl methyl sites for hydroxylation is 1. The van der Waals surface area contributed by atoms with Crippen LogP contribution in [0.1, 0.15) is 69.8 Å². The van der Waals surface area contributed by atoms with Crippen LogP contribution in [-0.4, -0.2) is 49.4 Å². The van der Waals surface area contributed by atoms with Crippen LogP contribution in [0, 0.1) is 0 Å². The number of nitrogens with zero attached hydrogens (tertiary/aromatic N) is 1. The third-order valence-corrected chi connectivity index (χ3v) is 7.11. The summed E-state index contributed by atoms with van der Waals surface area (Å²) in [5.41, 5.74) is 1.69. The van der Waals surface area contributed by atoms with Crippen molar-refractivity contribution in [3.8, 4) is 11.5 Å². The van der Waals surface area contributed by atoms with Crippen molar-refractivity contribution >= 4 is 35.3 Å². The number of esters is 1. The van der Waals surface area contributed by atoms with Gasteiger partial charge in [-0.25, -0.2) is 9.59 Å². The van der Waals surface area contributed by atoms with Crippen molar-refractivity contribution in [2.24, 2.45) is 0 Å². The lowest BCUT2D eigenvalue weighted by atomic mass is 9.98. The van der Waals surface area contributed by atoms with E-state index in [1.807, 2.05) is 25.1 Å². The van der Waals surface area contributed by atoms with Crippen molar-refractivity contribution in [2.75, 3.05) is 20.8 Å². The SMILES string of the molecule is CCc1cc(Cl)c(CC(OC(=O)C2CCCCN2C(=O)OC(C)(C)C)c2ccc(OC)c(OC)c2)c(Cl)c1. The van der Waals surface area contributed by atoms with Crippen LogP contribution in [0.2, 0.25) is 10.0 Å². The molecule has 2 aromatic rings. The Morgan fingerprint density at radius 1 is 1.03 bits per heavy atom. The van der Waals surface area contributed by atoms with Crippen LogP contribution >= 0.6 is 23.2 Å². The number of carbonyl (C=O) groups is 2. The molecule has 1 saturated heterocycles. The molecule has 2 unspecified atom stereocenters. The Balaban J connectivity index is 1.95. The number of halogens is 2. The minimum Gasteiger partial charge on any atom is -0.493 e. The van der Waals surface area contributed by atoms with Gasteiger partial charge in [-0.05, 0) is 87.4 Å². The maximum absolute atomic E-state index is 13.6. The third kappa shape index (κ3) is 7.48. The summed E-state index contributed by atoms with van der Waals surface area (Å²) in [4.78, 5) is 28.0. The van der Waals surface area contributed by atoms with E-state index in [2.05, 4.69) is 0 Å². The average Bonchev–Trinajstić information content (AvgIpc) is 2.88. The molecule has 0 spiro atoms. The van der Waals surface area contributed by atoms with E-state index in [1.54, 1.807) is 47.1 Å². The zero-order valence-corrected chi connectivity index (χ0v) is 24.4. The Morgan fingerprint density at radius 2 is 1.68 bits per heavy atom. The molecule has 2 atom stereocenters. The van der Waals surface area contributed by atoms with E-state index < -0.39 is 29.8 Å². The number of hydrogen-bond acceptors (Lipinski definition) is 6. The summed E-state index contributed by atoms with van der Waals surface area (Å²) in [6.45, 7) is 7.84. The Kier molecular flexibility index (Phi) is 10.2. The summed E-state index contributed by atoms with van der Waals surface area (Å²) in [6.07, 6.45) is 1.84. The van der Waals surface area contributed by atoms with Gasteiger partial charge >= 0.3 is 12.1 Å². The molecular weight excluding hydrogens is 529 g/mol. The molecule has 0 radical (unpaired) electrons. The Morgan fingerprint density at radius 3 is 2.26 bits per heavy atom. The Hall–Kier alpha value is -2.64. The second kappa shape index (κ2) is 12.9. The van der Waals surface area contributed by atoms with E-state index in [9.17, 15) is 9.59 Å². The summed E-state index contributed by atoms with van der Waals surface area (Å²) in [5, 5.41) is 1.01. The largest absolute Gasteiger partial charge is 0.493 e. The molecule has 3 rings (SSSR count). The summed E-state index contributed by atoms with van der Waals surface area (Å²) in [7, 11) is 3.10. The second-order valence-corrected chi connectivity index (χ2v) is 11.1. The maximum atomic E-state index is 13.6. The van der Waals surface area contributed by atoms with Gasteiger partial charge in [0, 0.05) is 23.0 Å². The van der Waals surface area contributed by atoms with Crippen molar-refractivity contribution < 1.29 is 28.5 Å². The molecule has 1 aliphatic rings. The van der Waals surface area contributed by atoms with E-state index in [0.717, 1.165) is 24.8 Å². The van der Waals surface area contributed by atoms with Crippen LogP contribution in [0.4, 0.5) is 4.79 Å². The number of amides is 1. The van der Waals surface area contributed by atoms with E-state index in [0.29, 0.717) is 45.6 Å². The van der Waals surface area contributed by atoms with Crippen molar-refractivity contribution in [2.45, 2.75) is 77.5 Å². The number of ether oxygens (including phenoxy) is 4. The molecule has 1 amide bonds. The summed E-state index contributed by atoms with van der Waals surface area (Å²) >= 11 is 13.2. The van der Waals surface area contributed by atoms with Gasteiger partial charge in [-0.2, -0.15) is 0 Å². The van der Waals surface area contributed by atoms with Crippen LogP contribution in [0.25, 0.3) is 0 Å². The number of benzene rings is 2. The molecule has 0 aliphatic carbocycles. The molecule has 7 nitrogen and oxygen atoms in total. The fourth-order valence-corrected chi connectivity index (χ4v) is 5.14. The quantitative estimate of drug-likeness (QED) is 0.315. The molecule has 38 heavy (non-hydrogen) atoms. The van der Waals surface area contributed by atoms with E-state index in [-0.39, 0.29) is 6.42 Å². The number of hydrogen-bond donors (Lipinski definition) is 0. The van der Waals surface area contributed by atoms with Crippen LogP contribution in [0.3, 0.4) is 0 Å². The smallest absolute Gasteiger partial charge is 0.411 e. The summed E-state index contributed by atoms with van der Waals surface area (Å²) in [5.74, 6) is 0.540. The fraction of sp³-hybridized carbons (Fsp3) is 0.517. The number of methoxy groups -OCH3 is 2. The molecule has 0 bridgehead atoms. The van der Waals surface area contributed by atoms with Crippen molar-refractivity contribution in [1.29, 1.82) is 0 Å². The topological polar surface area (TPSA) is 74.3 Å². The van der Waals surface area contributed by atoms with Gasteiger partial charge in [-0.1, -0.05) is 36.2 Å². The van der Waals surface area contributed by atoms with Crippen LogP contribution in [0.5, 0.6) is 11.5 Å². The molecule has 1 heterocycles. The highest BCUT2D eigenvalue weighted by Gasteiger charge is 2.37. The van der Waals surface area contributed by atoms with Gasteiger partial charge in [-0.15, -0.1) is 0 Å². The molecule has 1 aliphatic heterocycles. The number of likely N-dealkylation sites (tertiary alicyclic amines) is 1. The van der Waals surface area contributed by atoms with E-state index in [1.165, 1.54) is 4.90 Å². The molecule has 0 aromatic heterocycles. The minimum absolute atomic E-state index is 0.238. The van der Waals surface area contributed by atoms with E-state index >= 15 is 0 Å². The van der Waals surface area contributed by atoms with Crippen molar-refractivity contribution in [3.05, 3.63) is 57.1 Å².